The van der Waals surface area contributed by atoms with Crippen LogP contribution in [0.3, 0.4) is 0 Å². The van der Waals surface area contributed by atoms with E-state index in [1.165, 1.54) is 0 Å². The second-order valence-electron chi connectivity index (χ2n) is 6.13. The molecule has 1 fully saturated rings. The van der Waals surface area contributed by atoms with Gasteiger partial charge in [0.15, 0.2) is 0 Å². The third-order valence-electron chi connectivity index (χ3n) is 4.35. The minimum Gasteiger partial charge on any atom is -0.393 e. The van der Waals surface area contributed by atoms with Crippen molar-refractivity contribution in [2.24, 2.45) is 0 Å². The second-order valence-corrected chi connectivity index (χ2v) is 6.13. The van der Waals surface area contributed by atoms with Crippen molar-refractivity contribution in [3.05, 3.63) is 53.9 Å². The van der Waals surface area contributed by atoms with Gasteiger partial charge < -0.3 is 15.1 Å². The summed E-state index contributed by atoms with van der Waals surface area (Å²) in [6.07, 6.45) is 3.93. The van der Waals surface area contributed by atoms with Gasteiger partial charge in [0.25, 0.3) is 5.91 Å². The van der Waals surface area contributed by atoms with Crippen LogP contribution in [0, 0.1) is 6.92 Å². The molecule has 0 unspecified atom stereocenters. The highest BCUT2D eigenvalue weighted by Crippen LogP contribution is 2.26. The van der Waals surface area contributed by atoms with Crippen LogP contribution in [-0.4, -0.2) is 51.3 Å². The molecule has 0 bridgehead atoms. The quantitative estimate of drug-likeness (QED) is 0.903. The van der Waals surface area contributed by atoms with Gasteiger partial charge in [-0.05, 0) is 48.2 Å². The number of aromatic nitrogens is 1. The number of likely N-dealkylation sites (tertiary alicyclic amines) is 1. The van der Waals surface area contributed by atoms with Crippen LogP contribution in [-0.2, 0) is 0 Å². The molecule has 0 saturated carbocycles. The molecule has 2 aromatic rings. The van der Waals surface area contributed by atoms with Gasteiger partial charge in [-0.1, -0.05) is 12.1 Å². The number of carbonyl (C=O) groups is 1. The van der Waals surface area contributed by atoms with Crippen LogP contribution >= 0.6 is 0 Å². The summed E-state index contributed by atoms with van der Waals surface area (Å²) in [6.45, 7) is 2.28. The standard InChI is InChI=1S/C18H20N2O3/c1-13-10-19-7-5-16(13)14-3-2-4-15(9-14)17(22)20-8-6-18(23,11-20)12-21/h2-5,7,9-10,21,23H,6,8,11-12H2,1H3/t18-/m1/s1. The Labute approximate surface area is 135 Å². The van der Waals surface area contributed by atoms with Crippen LogP contribution < -0.4 is 0 Å². The van der Waals surface area contributed by atoms with Crippen LogP contribution in [0.4, 0.5) is 0 Å². The molecule has 1 amide bonds. The summed E-state index contributed by atoms with van der Waals surface area (Å²) in [6, 6.07) is 9.39. The summed E-state index contributed by atoms with van der Waals surface area (Å²) >= 11 is 0. The first kappa shape index (κ1) is 15.6. The lowest BCUT2D eigenvalue weighted by Gasteiger charge is -2.21. The lowest BCUT2D eigenvalue weighted by atomic mass is 10.0. The van der Waals surface area contributed by atoms with Crippen molar-refractivity contribution in [2.45, 2.75) is 18.9 Å². The molecular weight excluding hydrogens is 292 g/mol. The van der Waals surface area contributed by atoms with E-state index < -0.39 is 5.60 Å². The number of β-amino-alcohol motifs (C(OH)–C–C–N with tert-alkyl or cyclic N) is 1. The Hall–Kier alpha value is -2.24. The highest BCUT2D eigenvalue weighted by atomic mass is 16.3. The summed E-state index contributed by atoms with van der Waals surface area (Å²) < 4.78 is 0. The van der Waals surface area contributed by atoms with Crippen molar-refractivity contribution >= 4 is 5.91 Å². The van der Waals surface area contributed by atoms with E-state index in [0.717, 1.165) is 16.7 Å². The molecule has 120 valence electrons. The molecule has 0 spiro atoms. The molecule has 2 N–H and O–H groups in total. The maximum absolute atomic E-state index is 12.6. The van der Waals surface area contributed by atoms with E-state index in [0.29, 0.717) is 18.5 Å². The van der Waals surface area contributed by atoms with Gasteiger partial charge in [0, 0.05) is 24.5 Å². The van der Waals surface area contributed by atoms with E-state index in [1.807, 2.05) is 31.2 Å². The summed E-state index contributed by atoms with van der Waals surface area (Å²) in [4.78, 5) is 18.3. The number of carbonyl (C=O) groups excluding carboxylic acids is 1. The zero-order chi connectivity index (χ0) is 16.4. The van der Waals surface area contributed by atoms with Crippen molar-refractivity contribution in [2.75, 3.05) is 19.7 Å². The molecule has 1 aliphatic heterocycles. The van der Waals surface area contributed by atoms with Crippen molar-refractivity contribution in [1.29, 1.82) is 0 Å². The number of rotatable bonds is 3. The van der Waals surface area contributed by atoms with E-state index >= 15 is 0 Å². The average molecular weight is 312 g/mol. The smallest absolute Gasteiger partial charge is 0.253 e. The van der Waals surface area contributed by atoms with Gasteiger partial charge in [-0.15, -0.1) is 0 Å². The van der Waals surface area contributed by atoms with E-state index in [-0.39, 0.29) is 19.1 Å². The SMILES string of the molecule is Cc1cnccc1-c1cccc(C(=O)N2CC[C@](O)(CO)C2)c1. The highest BCUT2D eigenvalue weighted by Gasteiger charge is 2.37. The minimum absolute atomic E-state index is 0.122. The van der Waals surface area contributed by atoms with Crippen LogP contribution in [0.5, 0.6) is 0 Å². The molecule has 3 rings (SSSR count). The molecule has 5 heteroatoms. The molecular formula is C18H20N2O3. The fourth-order valence-corrected chi connectivity index (χ4v) is 2.96. The minimum atomic E-state index is -1.17. The summed E-state index contributed by atoms with van der Waals surface area (Å²) in [5, 5.41) is 19.3. The maximum atomic E-state index is 12.6. The molecule has 0 aliphatic carbocycles. The lowest BCUT2D eigenvalue weighted by Crippen LogP contribution is -2.38. The Kier molecular flexibility index (Phi) is 4.15. The third kappa shape index (κ3) is 3.11. The molecule has 1 aliphatic rings. The molecule has 2 heterocycles. The first-order valence-electron chi connectivity index (χ1n) is 7.66. The third-order valence-corrected chi connectivity index (χ3v) is 4.35. The van der Waals surface area contributed by atoms with E-state index in [2.05, 4.69) is 4.98 Å². The van der Waals surface area contributed by atoms with Crippen LogP contribution in [0.1, 0.15) is 22.3 Å². The molecule has 23 heavy (non-hydrogen) atoms. The number of aryl methyl sites for hydroxylation is 1. The normalized spacial score (nSPS) is 20.7. The van der Waals surface area contributed by atoms with Gasteiger partial charge in [0.1, 0.15) is 5.60 Å². The Morgan fingerprint density at radius 3 is 2.91 bits per heavy atom. The highest BCUT2D eigenvalue weighted by molar-refractivity contribution is 5.95. The topological polar surface area (TPSA) is 73.7 Å². The zero-order valence-electron chi connectivity index (χ0n) is 13.1. The largest absolute Gasteiger partial charge is 0.393 e. The fourth-order valence-electron chi connectivity index (χ4n) is 2.96. The molecule has 1 aromatic carbocycles. The number of aliphatic hydroxyl groups is 2. The maximum Gasteiger partial charge on any atom is 0.253 e. The van der Waals surface area contributed by atoms with E-state index in [9.17, 15) is 15.0 Å². The number of hydrogen-bond acceptors (Lipinski definition) is 4. The van der Waals surface area contributed by atoms with Gasteiger partial charge >= 0.3 is 0 Å². The Morgan fingerprint density at radius 2 is 2.22 bits per heavy atom. The van der Waals surface area contributed by atoms with Crippen LogP contribution in [0.15, 0.2) is 42.7 Å². The average Bonchev–Trinajstić information content (AvgIpc) is 2.98. The van der Waals surface area contributed by atoms with Gasteiger partial charge in [0.2, 0.25) is 0 Å². The van der Waals surface area contributed by atoms with E-state index in [4.69, 9.17) is 0 Å². The first-order valence-corrected chi connectivity index (χ1v) is 7.66. The monoisotopic (exact) mass is 312 g/mol. The number of pyridine rings is 1. The molecule has 0 radical (unpaired) electrons. The predicted octanol–water partition coefficient (Wildman–Crippen LogP) is 1.63. The van der Waals surface area contributed by atoms with Gasteiger partial charge in [-0.3, -0.25) is 9.78 Å². The predicted molar refractivity (Wildman–Crippen MR) is 87.0 cm³/mol. The lowest BCUT2D eigenvalue weighted by molar-refractivity contribution is -0.00455. The fraction of sp³-hybridized carbons (Fsp3) is 0.333. The second kappa shape index (κ2) is 6.10. The van der Waals surface area contributed by atoms with Crippen molar-refractivity contribution < 1.29 is 15.0 Å². The first-order chi connectivity index (χ1) is 11.0. The molecule has 5 nitrogen and oxygen atoms in total. The number of aliphatic hydroxyl groups excluding tert-OH is 1. The summed E-state index contributed by atoms with van der Waals surface area (Å²) in [5.74, 6) is -0.122. The zero-order valence-corrected chi connectivity index (χ0v) is 13.1. The number of nitrogens with zero attached hydrogens (tertiary/aromatic N) is 2. The van der Waals surface area contributed by atoms with Crippen molar-refractivity contribution in [3.8, 4) is 11.1 Å². The Bertz CT molecular complexity index is 732. The Balaban J connectivity index is 1.86. The Morgan fingerprint density at radius 1 is 1.39 bits per heavy atom. The molecule has 1 saturated heterocycles. The van der Waals surface area contributed by atoms with Crippen molar-refractivity contribution in [3.63, 3.8) is 0 Å². The number of amides is 1. The van der Waals surface area contributed by atoms with Gasteiger partial charge in [-0.2, -0.15) is 0 Å². The van der Waals surface area contributed by atoms with Gasteiger partial charge in [0.05, 0.1) is 13.2 Å². The van der Waals surface area contributed by atoms with Crippen LogP contribution in [0.2, 0.25) is 0 Å². The summed E-state index contributed by atoms with van der Waals surface area (Å²) in [5.41, 5.74) is 2.47. The van der Waals surface area contributed by atoms with Crippen molar-refractivity contribution in [1.82, 2.24) is 9.88 Å². The van der Waals surface area contributed by atoms with Gasteiger partial charge in [-0.25, -0.2) is 0 Å². The molecule has 1 aromatic heterocycles. The number of hydrogen-bond donors (Lipinski definition) is 2. The number of benzene rings is 1. The van der Waals surface area contributed by atoms with E-state index in [1.54, 1.807) is 23.4 Å². The van der Waals surface area contributed by atoms with Crippen LogP contribution in [0.25, 0.3) is 11.1 Å². The molecule has 1 atom stereocenters. The summed E-state index contributed by atoms with van der Waals surface area (Å²) in [7, 11) is 0.